The van der Waals surface area contributed by atoms with Gasteiger partial charge in [-0.25, -0.2) is 0 Å². The summed E-state index contributed by atoms with van der Waals surface area (Å²) in [5.74, 6) is 2.28. The first-order chi connectivity index (χ1) is 12.7. The van der Waals surface area contributed by atoms with E-state index in [1.165, 1.54) is 0 Å². The Morgan fingerprint density at radius 2 is 1.96 bits per heavy atom. The van der Waals surface area contributed by atoms with E-state index < -0.39 is 0 Å². The van der Waals surface area contributed by atoms with Crippen molar-refractivity contribution in [2.45, 2.75) is 12.3 Å². The van der Waals surface area contributed by atoms with Crippen molar-refractivity contribution in [1.29, 1.82) is 0 Å². The molecule has 7 heteroatoms. The van der Waals surface area contributed by atoms with E-state index in [-0.39, 0.29) is 12.5 Å². The molecule has 0 aliphatic carbocycles. The number of amides is 1. The Kier molecular flexibility index (Phi) is 5.91. The van der Waals surface area contributed by atoms with Crippen LogP contribution in [0, 0.1) is 0 Å². The monoisotopic (exact) mass is 369 g/mol. The van der Waals surface area contributed by atoms with Crippen LogP contribution >= 0.6 is 11.8 Å². The Bertz CT molecular complexity index is 895. The lowest BCUT2D eigenvalue weighted by molar-refractivity contribution is 0.0946. The molecule has 0 bridgehead atoms. The number of carbonyl (C=O) groups is 1. The molecule has 0 fully saturated rings. The highest BCUT2D eigenvalue weighted by Crippen LogP contribution is 2.24. The molecule has 6 nitrogen and oxygen atoms in total. The van der Waals surface area contributed by atoms with Gasteiger partial charge in [-0.1, -0.05) is 29.4 Å². The van der Waals surface area contributed by atoms with E-state index in [9.17, 15) is 4.79 Å². The number of nitrogens with zero attached hydrogens (tertiary/aromatic N) is 2. The maximum Gasteiger partial charge on any atom is 0.251 e. The molecule has 3 rings (SSSR count). The van der Waals surface area contributed by atoms with Gasteiger partial charge in [-0.05, 0) is 41.6 Å². The fourth-order valence-corrected chi connectivity index (χ4v) is 2.83. The summed E-state index contributed by atoms with van der Waals surface area (Å²) in [6.07, 6.45) is 1.97. The fourth-order valence-electron chi connectivity index (χ4n) is 2.45. The largest absolute Gasteiger partial charge is 0.497 e. The van der Waals surface area contributed by atoms with E-state index in [0.29, 0.717) is 23.0 Å². The molecule has 0 aliphatic rings. The molecule has 0 saturated carbocycles. The molecular weight excluding hydrogens is 350 g/mol. The molecule has 1 N–H and O–H groups in total. The maximum atomic E-state index is 12.4. The summed E-state index contributed by atoms with van der Waals surface area (Å²) < 4.78 is 10.4. The van der Waals surface area contributed by atoms with E-state index in [0.717, 1.165) is 16.9 Å². The second-order valence-electron chi connectivity index (χ2n) is 5.53. The molecule has 2 aromatic carbocycles. The zero-order chi connectivity index (χ0) is 18.4. The van der Waals surface area contributed by atoms with Crippen LogP contribution in [-0.2, 0) is 12.3 Å². The van der Waals surface area contributed by atoms with Gasteiger partial charge in [-0.15, -0.1) is 0 Å². The van der Waals surface area contributed by atoms with Crippen molar-refractivity contribution in [2.24, 2.45) is 0 Å². The normalized spacial score (nSPS) is 10.5. The lowest BCUT2D eigenvalue weighted by Gasteiger charge is -2.07. The van der Waals surface area contributed by atoms with E-state index >= 15 is 0 Å². The Morgan fingerprint density at radius 1 is 1.19 bits per heavy atom. The summed E-state index contributed by atoms with van der Waals surface area (Å²) in [5.41, 5.74) is 2.49. The van der Waals surface area contributed by atoms with Crippen LogP contribution in [-0.4, -0.2) is 29.4 Å². The molecule has 0 spiro atoms. The van der Waals surface area contributed by atoms with Gasteiger partial charge in [0.1, 0.15) is 5.75 Å². The Hall–Kier alpha value is -2.80. The predicted octanol–water partition coefficient (Wildman–Crippen LogP) is 3.54. The molecule has 0 aliphatic heterocycles. The number of rotatable bonds is 7. The van der Waals surface area contributed by atoms with Crippen LogP contribution < -0.4 is 10.1 Å². The van der Waals surface area contributed by atoms with Gasteiger partial charge in [0.15, 0.2) is 5.82 Å². The van der Waals surface area contributed by atoms with Crippen molar-refractivity contribution in [1.82, 2.24) is 15.5 Å². The van der Waals surface area contributed by atoms with Gasteiger partial charge < -0.3 is 14.6 Å². The Balaban J connectivity index is 1.69. The predicted molar refractivity (Wildman–Crippen MR) is 101 cm³/mol. The Labute approximate surface area is 156 Å². The number of methoxy groups -OCH3 is 1. The topological polar surface area (TPSA) is 77.2 Å². The smallest absolute Gasteiger partial charge is 0.251 e. The first-order valence-electron chi connectivity index (χ1n) is 8.02. The first kappa shape index (κ1) is 18.0. The van der Waals surface area contributed by atoms with Gasteiger partial charge in [0.25, 0.3) is 5.91 Å². The maximum absolute atomic E-state index is 12.4. The highest BCUT2D eigenvalue weighted by atomic mass is 32.2. The minimum absolute atomic E-state index is 0.195. The van der Waals surface area contributed by atoms with Crippen LogP contribution in [0.3, 0.4) is 0 Å². The number of hydrogen-bond donors (Lipinski definition) is 1. The Morgan fingerprint density at radius 3 is 2.73 bits per heavy atom. The second-order valence-corrected chi connectivity index (χ2v) is 6.40. The minimum atomic E-state index is -0.195. The van der Waals surface area contributed by atoms with Crippen molar-refractivity contribution in [2.75, 3.05) is 13.4 Å². The average molecular weight is 369 g/mol. The van der Waals surface area contributed by atoms with Crippen molar-refractivity contribution >= 4 is 17.7 Å². The number of ether oxygens (including phenoxy) is 1. The van der Waals surface area contributed by atoms with Crippen molar-refractivity contribution in [3.63, 3.8) is 0 Å². The summed E-state index contributed by atoms with van der Waals surface area (Å²) in [4.78, 5) is 16.7. The fraction of sp³-hybridized carbons (Fsp3) is 0.211. The van der Waals surface area contributed by atoms with Crippen LogP contribution in [0.25, 0.3) is 11.1 Å². The number of carbonyl (C=O) groups excluding carboxylic acids is 1. The summed E-state index contributed by atoms with van der Waals surface area (Å²) in [6, 6.07) is 15.1. The minimum Gasteiger partial charge on any atom is -0.497 e. The van der Waals surface area contributed by atoms with E-state index in [1.807, 2.05) is 48.7 Å². The number of benzene rings is 2. The van der Waals surface area contributed by atoms with E-state index in [1.54, 1.807) is 24.9 Å². The van der Waals surface area contributed by atoms with Crippen LogP contribution in [0.2, 0.25) is 0 Å². The van der Waals surface area contributed by atoms with Crippen LogP contribution in [0.15, 0.2) is 53.1 Å². The van der Waals surface area contributed by atoms with Gasteiger partial charge in [0.2, 0.25) is 5.89 Å². The molecule has 134 valence electrons. The van der Waals surface area contributed by atoms with Crippen molar-refractivity contribution in [3.05, 3.63) is 65.8 Å². The first-order valence-corrected chi connectivity index (χ1v) is 9.42. The van der Waals surface area contributed by atoms with Gasteiger partial charge in [-0.2, -0.15) is 16.7 Å². The molecule has 0 atom stereocenters. The van der Waals surface area contributed by atoms with Gasteiger partial charge >= 0.3 is 0 Å². The summed E-state index contributed by atoms with van der Waals surface area (Å²) in [6.45, 7) is 0.198. The van der Waals surface area contributed by atoms with Crippen molar-refractivity contribution < 1.29 is 14.1 Å². The number of nitrogens with one attached hydrogen (secondary N) is 1. The molecule has 26 heavy (non-hydrogen) atoms. The zero-order valence-corrected chi connectivity index (χ0v) is 15.4. The van der Waals surface area contributed by atoms with Crippen LogP contribution in [0.5, 0.6) is 5.75 Å². The molecule has 1 heterocycles. The third-order valence-electron chi connectivity index (χ3n) is 3.71. The third kappa shape index (κ3) is 4.43. The van der Waals surface area contributed by atoms with Gasteiger partial charge in [-0.3, -0.25) is 4.79 Å². The number of thioether (sulfide) groups is 1. The molecule has 0 saturated heterocycles. The SMILES string of the molecule is COc1cccc(-c2cccc(C(=O)NCc3nc(CSC)no3)c2)c1. The summed E-state index contributed by atoms with van der Waals surface area (Å²) in [5, 5.41) is 6.66. The average Bonchev–Trinajstić information content (AvgIpc) is 3.14. The molecule has 0 radical (unpaired) electrons. The summed E-state index contributed by atoms with van der Waals surface area (Å²) in [7, 11) is 1.63. The quantitative estimate of drug-likeness (QED) is 0.686. The number of aromatic nitrogens is 2. The van der Waals surface area contributed by atoms with Crippen LogP contribution in [0.4, 0.5) is 0 Å². The van der Waals surface area contributed by atoms with E-state index in [4.69, 9.17) is 9.26 Å². The molecule has 0 unspecified atom stereocenters. The van der Waals surface area contributed by atoms with Gasteiger partial charge in [0.05, 0.1) is 19.4 Å². The van der Waals surface area contributed by atoms with E-state index in [2.05, 4.69) is 15.5 Å². The third-order valence-corrected chi connectivity index (χ3v) is 4.26. The summed E-state index contributed by atoms with van der Waals surface area (Å²) >= 11 is 1.61. The molecule has 1 amide bonds. The number of hydrogen-bond acceptors (Lipinski definition) is 6. The molecule has 3 aromatic rings. The van der Waals surface area contributed by atoms with Crippen molar-refractivity contribution in [3.8, 4) is 16.9 Å². The lowest BCUT2D eigenvalue weighted by atomic mass is 10.0. The van der Waals surface area contributed by atoms with Gasteiger partial charge in [0, 0.05) is 5.56 Å². The highest BCUT2D eigenvalue weighted by molar-refractivity contribution is 7.97. The second kappa shape index (κ2) is 8.53. The zero-order valence-electron chi connectivity index (χ0n) is 14.6. The lowest BCUT2D eigenvalue weighted by Crippen LogP contribution is -2.23. The molecular formula is C19H19N3O3S. The highest BCUT2D eigenvalue weighted by Gasteiger charge is 2.10. The standard InChI is InChI=1S/C19H19N3O3S/c1-24-16-8-4-6-14(10-16)13-5-3-7-15(9-13)19(23)20-11-18-21-17(12-26-2)22-25-18/h3-10H,11-12H2,1-2H3,(H,20,23). The molecule has 1 aromatic heterocycles. The van der Waals surface area contributed by atoms with Crippen LogP contribution in [0.1, 0.15) is 22.1 Å².